The van der Waals surface area contributed by atoms with Crippen molar-refractivity contribution in [1.82, 2.24) is 0 Å². The molecule has 0 saturated carbocycles. The molecule has 0 aliphatic carbocycles. The minimum Gasteiger partial charge on any atom is -0.466 e. The average molecular weight is 486 g/mol. The van der Waals surface area contributed by atoms with Crippen LogP contribution in [0, 0.1) is 23.7 Å². The van der Waals surface area contributed by atoms with Crippen LogP contribution in [0.4, 0.5) is 0 Å². The third-order valence-electron chi connectivity index (χ3n) is 4.25. The van der Waals surface area contributed by atoms with Crippen molar-refractivity contribution in [3.05, 3.63) is 0 Å². The average Bonchev–Trinajstić information content (AvgIpc) is 2.75. The molecule has 0 aromatic carbocycles. The number of unbranched alkanes of at least 4 members (excludes halogenated alkanes) is 6. The van der Waals surface area contributed by atoms with E-state index in [4.69, 9.17) is 14.2 Å². The lowest BCUT2D eigenvalue weighted by Crippen LogP contribution is -2.20. The summed E-state index contributed by atoms with van der Waals surface area (Å²) in [5.74, 6) is 12.4. The Labute approximate surface area is 193 Å². The zero-order valence-electron chi connectivity index (χ0n) is 19.1. The monoisotopic (exact) mass is 484 g/mol. The van der Waals surface area contributed by atoms with Crippen LogP contribution in [0.3, 0.4) is 0 Å². The quantitative estimate of drug-likeness (QED) is 0.0741. The lowest BCUT2D eigenvalue weighted by molar-refractivity contribution is -0.157. The lowest BCUT2D eigenvalue weighted by atomic mass is 10.2. The van der Waals surface area contributed by atoms with Crippen molar-refractivity contribution in [2.75, 3.05) is 25.2 Å². The molecule has 0 aliphatic rings. The first-order valence-corrected chi connectivity index (χ1v) is 12.7. The van der Waals surface area contributed by atoms with Gasteiger partial charge in [-0.1, -0.05) is 42.6 Å². The van der Waals surface area contributed by atoms with E-state index in [1.807, 2.05) is 0 Å². The number of carbonyl (C=O) groups is 1. The van der Waals surface area contributed by atoms with Crippen LogP contribution >= 0.6 is 15.9 Å². The van der Waals surface area contributed by atoms with Gasteiger partial charge in [-0.15, -0.1) is 23.7 Å². The molecule has 30 heavy (non-hydrogen) atoms. The Kier molecular flexibility index (Phi) is 23.4. The molecule has 0 amide bonds. The second-order valence-electron chi connectivity index (χ2n) is 7.09. The molecule has 0 aromatic heterocycles. The van der Waals surface area contributed by atoms with Crippen molar-refractivity contribution in [2.45, 2.75) is 104 Å². The van der Waals surface area contributed by atoms with Crippen LogP contribution in [0.5, 0.6) is 0 Å². The number of carbonyl (C=O) groups excluding carboxylic acids is 1. The van der Waals surface area contributed by atoms with E-state index in [9.17, 15) is 4.79 Å². The SMILES string of the molecule is CCCCC#CCCOC(CCC(=O)OCCCCCBr)OCCC#CCCCC. The molecule has 0 aliphatic heterocycles. The maximum atomic E-state index is 11.9. The third-order valence-corrected chi connectivity index (χ3v) is 4.81. The molecule has 0 fully saturated rings. The molecule has 0 atom stereocenters. The zero-order chi connectivity index (χ0) is 22.1. The zero-order valence-corrected chi connectivity index (χ0v) is 20.7. The van der Waals surface area contributed by atoms with E-state index in [1.165, 1.54) is 0 Å². The molecule has 172 valence electrons. The summed E-state index contributed by atoms with van der Waals surface area (Å²) in [7, 11) is 0. The molecule has 0 heterocycles. The van der Waals surface area contributed by atoms with Crippen LogP contribution in [-0.4, -0.2) is 37.4 Å². The fourth-order valence-corrected chi connectivity index (χ4v) is 2.85. The minimum atomic E-state index is -0.416. The highest BCUT2D eigenvalue weighted by molar-refractivity contribution is 9.09. The highest BCUT2D eigenvalue weighted by Crippen LogP contribution is 2.08. The number of hydrogen-bond donors (Lipinski definition) is 0. The van der Waals surface area contributed by atoms with Gasteiger partial charge in [0.05, 0.1) is 26.2 Å². The summed E-state index contributed by atoms with van der Waals surface area (Å²) in [4.78, 5) is 11.9. The van der Waals surface area contributed by atoms with E-state index in [0.717, 1.165) is 63.1 Å². The van der Waals surface area contributed by atoms with Crippen LogP contribution in [0.2, 0.25) is 0 Å². The number of rotatable bonds is 18. The van der Waals surface area contributed by atoms with Crippen LogP contribution in [-0.2, 0) is 19.0 Å². The molecular weight excluding hydrogens is 444 g/mol. The molecular formula is C25H41BrO4. The summed E-state index contributed by atoms with van der Waals surface area (Å²) in [5, 5.41) is 0.989. The number of hydrogen-bond acceptors (Lipinski definition) is 4. The number of alkyl halides is 1. The van der Waals surface area contributed by atoms with Gasteiger partial charge in [-0.25, -0.2) is 0 Å². The van der Waals surface area contributed by atoms with E-state index in [-0.39, 0.29) is 5.97 Å². The van der Waals surface area contributed by atoms with Crippen molar-refractivity contribution in [3.63, 3.8) is 0 Å². The molecule has 0 saturated heterocycles. The van der Waals surface area contributed by atoms with E-state index in [1.54, 1.807) is 0 Å². The summed E-state index contributed by atoms with van der Waals surface area (Å²) in [6.07, 6.45) is 11.3. The van der Waals surface area contributed by atoms with Gasteiger partial charge in [-0.2, -0.15) is 0 Å². The maximum Gasteiger partial charge on any atom is 0.305 e. The van der Waals surface area contributed by atoms with Gasteiger partial charge in [0, 0.05) is 37.4 Å². The van der Waals surface area contributed by atoms with Crippen molar-refractivity contribution in [3.8, 4) is 23.7 Å². The van der Waals surface area contributed by atoms with Gasteiger partial charge in [0.2, 0.25) is 0 Å². The van der Waals surface area contributed by atoms with E-state index in [0.29, 0.717) is 45.5 Å². The topological polar surface area (TPSA) is 44.8 Å². The number of esters is 1. The van der Waals surface area contributed by atoms with Crippen molar-refractivity contribution in [1.29, 1.82) is 0 Å². The Balaban J connectivity index is 4.18. The fraction of sp³-hybridized carbons (Fsp3) is 0.800. The van der Waals surface area contributed by atoms with Gasteiger partial charge in [-0.05, 0) is 32.1 Å². The highest BCUT2D eigenvalue weighted by atomic mass is 79.9. The Morgan fingerprint density at radius 1 is 0.767 bits per heavy atom. The molecule has 0 rings (SSSR count). The summed E-state index contributed by atoms with van der Waals surface area (Å²) in [5.41, 5.74) is 0. The summed E-state index contributed by atoms with van der Waals surface area (Å²) < 4.78 is 16.9. The first-order chi connectivity index (χ1) is 14.7. The van der Waals surface area contributed by atoms with Crippen molar-refractivity contribution < 1.29 is 19.0 Å². The third kappa shape index (κ3) is 21.7. The molecule has 4 nitrogen and oxygen atoms in total. The Morgan fingerprint density at radius 2 is 1.33 bits per heavy atom. The lowest BCUT2D eigenvalue weighted by Gasteiger charge is -2.17. The van der Waals surface area contributed by atoms with Crippen LogP contribution in [0.25, 0.3) is 0 Å². The minimum absolute atomic E-state index is 0.190. The Bertz CT molecular complexity index is 481. The predicted molar refractivity (Wildman–Crippen MR) is 127 cm³/mol. The molecule has 0 radical (unpaired) electrons. The van der Waals surface area contributed by atoms with Crippen molar-refractivity contribution >= 4 is 21.9 Å². The molecule has 0 N–H and O–H groups in total. The molecule has 0 bridgehead atoms. The summed E-state index contributed by atoms with van der Waals surface area (Å²) in [6, 6.07) is 0. The number of halogens is 1. The standard InChI is InChI=1S/C25H41BrO4/c1-3-5-7-9-11-15-22-29-25(30-23-16-12-10-8-6-4-2)19-18-24(27)28-21-17-13-14-20-26/h25H,3-8,13-23H2,1-2H3. The van der Waals surface area contributed by atoms with Gasteiger partial charge in [-0.3, -0.25) is 4.79 Å². The van der Waals surface area contributed by atoms with E-state index in [2.05, 4.69) is 53.5 Å². The molecule has 0 spiro atoms. The predicted octanol–water partition coefficient (Wildman–Crippen LogP) is 6.40. The largest absolute Gasteiger partial charge is 0.466 e. The first-order valence-electron chi connectivity index (χ1n) is 11.6. The van der Waals surface area contributed by atoms with Gasteiger partial charge in [0.25, 0.3) is 0 Å². The molecule has 0 unspecified atom stereocenters. The Morgan fingerprint density at radius 3 is 1.87 bits per heavy atom. The highest BCUT2D eigenvalue weighted by Gasteiger charge is 2.13. The number of ether oxygens (including phenoxy) is 3. The van der Waals surface area contributed by atoms with Gasteiger partial charge < -0.3 is 14.2 Å². The second kappa shape index (κ2) is 24.3. The summed E-state index contributed by atoms with van der Waals surface area (Å²) >= 11 is 3.40. The smallest absolute Gasteiger partial charge is 0.305 e. The molecule has 0 aromatic rings. The second-order valence-corrected chi connectivity index (χ2v) is 7.89. The van der Waals surface area contributed by atoms with Crippen LogP contribution < -0.4 is 0 Å². The normalized spacial score (nSPS) is 10.3. The van der Waals surface area contributed by atoms with E-state index >= 15 is 0 Å². The van der Waals surface area contributed by atoms with Crippen molar-refractivity contribution in [2.24, 2.45) is 0 Å². The molecule has 5 heteroatoms. The summed E-state index contributed by atoms with van der Waals surface area (Å²) in [6.45, 7) is 5.82. The fourth-order valence-electron chi connectivity index (χ4n) is 2.45. The Hall–Kier alpha value is -1.01. The van der Waals surface area contributed by atoms with Gasteiger partial charge in [0.1, 0.15) is 0 Å². The van der Waals surface area contributed by atoms with Crippen LogP contribution in [0.15, 0.2) is 0 Å². The van der Waals surface area contributed by atoms with Gasteiger partial charge >= 0.3 is 5.97 Å². The van der Waals surface area contributed by atoms with Gasteiger partial charge in [0.15, 0.2) is 6.29 Å². The maximum absolute atomic E-state index is 11.9. The van der Waals surface area contributed by atoms with Crippen LogP contribution in [0.1, 0.15) is 97.3 Å². The van der Waals surface area contributed by atoms with E-state index < -0.39 is 6.29 Å². The first kappa shape index (κ1) is 29.0.